The number of nitrogens with two attached hydrogens (primary N) is 1. The van der Waals surface area contributed by atoms with Crippen LogP contribution in [0, 0.1) is 6.92 Å². The average Bonchev–Trinajstić information content (AvgIpc) is 3.02. The lowest BCUT2D eigenvalue weighted by molar-refractivity contribution is -0.138. The minimum atomic E-state index is -4.60. The normalized spacial score (nSPS) is 15.9. The molecule has 1 saturated heterocycles. The Labute approximate surface area is 264 Å². The molecule has 0 atom stereocenters. The van der Waals surface area contributed by atoms with Gasteiger partial charge in [-0.05, 0) is 67.6 Å². The van der Waals surface area contributed by atoms with E-state index in [1.165, 1.54) is 16.7 Å². The van der Waals surface area contributed by atoms with Crippen LogP contribution in [0.4, 0.5) is 30.5 Å². The molecular weight excluding hydrogens is 597 g/mol. The van der Waals surface area contributed by atoms with Gasteiger partial charge in [-0.2, -0.15) is 13.2 Å². The lowest BCUT2D eigenvalue weighted by atomic mass is 10.0. The Hall–Kier alpha value is -4.75. The zero-order valence-electron chi connectivity index (χ0n) is 25.6. The Morgan fingerprint density at radius 1 is 1.02 bits per heavy atom. The molecule has 2 aliphatic rings. The van der Waals surface area contributed by atoms with Crippen LogP contribution < -0.4 is 21.5 Å². The van der Waals surface area contributed by atoms with Crippen LogP contribution in [0.5, 0.6) is 0 Å². The monoisotopic (exact) mass is 632 g/mol. The smallest absolute Gasteiger partial charge is 0.368 e. The SMILES string of the molecule is Cc1ccn(-c2ccc(NC(=O)c3ccc(CN4CCN(C)CC4)c(C(F)(F)F)c3)cc2)c(=O)c1N1CCc2nc(N)ncc2C1. The minimum absolute atomic E-state index is 0.0888. The number of piperazine rings is 1. The van der Waals surface area contributed by atoms with Gasteiger partial charge in [-0.1, -0.05) is 6.07 Å². The zero-order valence-corrected chi connectivity index (χ0v) is 25.6. The van der Waals surface area contributed by atoms with Gasteiger partial charge in [0, 0.05) is 87.1 Å². The summed E-state index contributed by atoms with van der Waals surface area (Å²) in [6, 6.07) is 12.2. The summed E-state index contributed by atoms with van der Waals surface area (Å²) in [5.41, 5.74) is 8.94. The molecule has 0 spiro atoms. The maximum absolute atomic E-state index is 14.0. The lowest BCUT2D eigenvalue weighted by Gasteiger charge is -2.33. The van der Waals surface area contributed by atoms with Crippen LogP contribution in [0.3, 0.4) is 0 Å². The summed E-state index contributed by atoms with van der Waals surface area (Å²) in [5.74, 6) is -0.430. The van der Waals surface area contributed by atoms with E-state index in [0.29, 0.717) is 49.7 Å². The highest BCUT2D eigenvalue weighted by Gasteiger charge is 2.34. The number of halogens is 3. The van der Waals surface area contributed by atoms with Crippen molar-refractivity contribution in [2.45, 2.75) is 32.6 Å². The third-order valence-corrected chi connectivity index (χ3v) is 8.61. The van der Waals surface area contributed by atoms with Crippen molar-refractivity contribution >= 4 is 23.2 Å². The molecule has 0 aliphatic carbocycles. The lowest BCUT2D eigenvalue weighted by Crippen LogP contribution is -2.44. The van der Waals surface area contributed by atoms with E-state index in [-0.39, 0.29) is 29.2 Å². The summed E-state index contributed by atoms with van der Waals surface area (Å²) >= 11 is 0. The predicted molar refractivity (Wildman–Crippen MR) is 170 cm³/mol. The van der Waals surface area contributed by atoms with E-state index < -0.39 is 17.6 Å². The number of nitrogen functional groups attached to an aromatic ring is 1. The van der Waals surface area contributed by atoms with E-state index in [0.717, 1.165) is 36.0 Å². The second kappa shape index (κ2) is 12.6. The predicted octanol–water partition coefficient (Wildman–Crippen LogP) is 4.10. The first-order valence-corrected chi connectivity index (χ1v) is 15.1. The van der Waals surface area contributed by atoms with E-state index in [4.69, 9.17) is 5.73 Å². The molecule has 240 valence electrons. The van der Waals surface area contributed by atoms with Crippen molar-refractivity contribution < 1.29 is 18.0 Å². The summed E-state index contributed by atoms with van der Waals surface area (Å²) in [5, 5.41) is 2.68. The van der Waals surface area contributed by atoms with E-state index >= 15 is 0 Å². The van der Waals surface area contributed by atoms with Crippen LogP contribution in [-0.2, 0) is 25.7 Å². The summed E-state index contributed by atoms with van der Waals surface area (Å²) in [6.07, 6.45) is -0.577. The fraction of sp³-hybridized carbons (Fsp3) is 0.333. The van der Waals surface area contributed by atoms with Gasteiger partial charge in [-0.15, -0.1) is 0 Å². The molecule has 13 heteroatoms. The number of aryl methyl sites for hydroxylation is 1. The molecule has 4 heterocycles. The topological polar surface area (TPSA) is 113 Å². The standard InChI is InChI=1S/C33H35F3N8O2/c1-21-9-12-44(31(46)29(21)43-11-10-28-24(20-43)18-38-32(37)40-28)26-7-5-25(6-8-26)39-30(45)22-3-4-23(27(17-22)33(34,35)36)19-42-15-13-41(2)14-16-42/h3-9,12,17-18H,10-11,13-16,19-20H2,1-2H3,(H,39,45)(H2,37,38,40). The Bertz CT molecular complexity index is 1820. The Morgan fingerprint density at radius 2 is 1.76 bits per heavy atom. The van der Waals surface area contributed by atoms with Crippen molar-refractivity contribution in [1.82, 2.24) is 24.3 Å². The third kappa shape index (κ3) is 6.60. The fourth-order valence-electron chi connectivity index (χ4n) is 6.00. The van der Waals surface area contributed by atoms with Gasteiger partial charge in [-0.3, -0.25) is 19.1 Å². The molecule has 4 aromatic rings. The number of carbonyl (C=O) groups is 1. The minimum Gasteiger partial charge on any atom is -0.368 e. The number of hydrogen-bond donors (Lipinski definition) is 2. The number of aromatic nitrogens is 3. The zero-order chi connectivity index (χ0) is 32.6. The van der Waals surface area contributed by atoms with Crippen LogP contribution in [0.25, 0.3) is 5.69 Å². The molecule has 0 unspecified atom stereocenters. The number of anilines is 3. The van der Waals surface area contributed by atoms with Crippen molar-refractivity contribution in [3.05, 3.63) is 105 Å². The molecule has 10 nitrogen and oxygen atoms in total. The molecule has 2 aromatic heterocycles. The third-order valence-electron chi connectivity index (χ3n) is 8.61. The molecular formula is C33H35F3N8O2. The highest BCUT2D eigenvalue weighted by Crippen LogP contribution is 2.34. The summed E-state index contributed by atoms with van der Waals surface area (Å²) in [4.78, 5) is 41.3. The van der Waals surface area contributed by atoms with Crippen molar-refractivity contribution in [3.63, 3.8) is 0 Å². The second-order valence-electron chi connectivity index (χ2n) is 11.8. The number of alkyl halides is 3. The fourth-order valence-corrected chi connectivity index (χ4v) is 6.00. The van der Waals surface area contributed by atoms with Crippen LogP contribution in [0.15, 0.2) is 65.7 Å². The van der Waals surface area contributed by atoms with Gasteiger partial charge < -0.3 is 20.9 Å². The Kier molecular flexibility index (Phi) is 8.53. The number of nitrogens with one attached hydrogen (secondary N) is 1. The first-order chi connectivity index (χ1) is 22.0. The van der Waals surface area contributed by atoms with Gasteiger partial charge in [0.05, 0.1) is 11.3 Å². The highest BCUT2D eigenvalue weighted by atomic mass is 19.4. The van der Waals surface area contributed by atoms with E-state index in [2.05, 4.69) is 20.2 Å². The van der Waals surface area contributed by atoms with Gasteiger partial charge in [-0.25, -0.2) is 9.97 Å². The van der Waals surface area contributed by atoms with E-state index in [9.17, 15) is 22.8 Å². The molecule has 46 heavy (non-hydrogen) atoms. The molecule has 1 amide bonds. The van der Waals surface area contributed by atoms with Crippen LogP contribution in [0.2, 0.25) is 0 Å². The number of amides is 1. The number of carbonyl (C=O) groups excluding carboxylic acids is 1. The summed E-state index contributed by atoms with van der Waals surface area (Å²) < 4.78 is 43.6. The molecule has 0 radical (unpaired) electrons. The molecule has 2 aromatic carbocycles. The molecule has 0 saturated carbocycles. The summed E-state index contributed by atoms with van der Waals surface area (Å²) in [6.45, 7) is 6.08. The maximum Gasteiger partial charge on any atom is 0.416 e. The molecule has 0 bridgehead atoms. The van der Waals surface area contributed by atoms with Crippen molar-refractivity contribution in [1.29, 1.82) is 0 Å². The molecule has 6 rings (SSSR count). The number of likely N-dealkylation sites (N-methyl/N-ethyl adjacent to an activating group) is 1. The second-order valence-corrected chi connectivity index (χ2v) is 11.8. The highest BCUT2D eigenvalue weighted by molar-refractivity contribution is 6.04. The maximum atomic E-state index is 14.0. The molecule has 3 N–H and O–H groups in total. The van der Waals surface area contributed by atoms with Crippen molar-refractivity contribution in [2.75, 3.05) is 55.7 Å². The molecule has 1 fully saturated rings. The first kappa shape index (κ1) is 31.2. The van der Waals surface area contributed by atoms with Gasteiger partial charge in [0.2, 0.25) is 5.95 Å². The average molecular weight is 633 g/mol. The van der Waals surface area contributed by atoms with Gasteiger partial charge >= 0.3 is 6.18 Å². The number of hydrogen-bond acceptors (Lipinski definition) is 8. The van der Waals surface area contributed by atoms with Gasteiger partial charge in [0.15, 0.2) is 0 Å². The van der Waals surface area contributed by atoms with Crippen LogP contribution in [-0.4, -0.2) is 70.0 Å². The Balaban J connectivity index is 1.18. The molecule has 2 aliphatic heterocycles. The van der Waals surface area contributed by atoms with Crippen LogP contribution in [0.1, 0.15) is 38.3 Å². The Morgan fingerprint density at radius 3 is 2.48 bits per heavy atom. The van der Waals surface area contributed by atoms with Gasteiger partial charge in [0.1, 0.15) is 5.69 Å². The first-order valence-electron chi connectivity index (χ1n) is 15.1. The van der Waals surface area contributed by atoms with Gasteiger partial charge in [0.25, 0.3) is 11.5 Å². The largest absolute Gasteiger partial charge is 0.416 e. The van der Waals surface area contributed by atoms with E-state index in [1.54, 1.807) is 36.7 Å². The quantitative estimate of drug-likeness (QED) is 0.327. The number of pyridine rings is 1. The summed E-state index contributed by atoms with van der Waals surface area (Å²) in [7, 11) is 1.99. The number of benzene rings is 2. The van der Waals surface area contributed by atoms with Crippen molar-refractivity contribution in [2.24, 2.45) is 0 Å². The number of fused-ring (bicyclic) bond motifs is 1. The van der Waals surface area contributed by atoms with Crippen molar-refractivity contribution in [3.8, 4) is 5.69 Å². The number of nitrogens with zero attached hydrogens (tertiary/aromatic N) is 6. The van der Waals surface area contributed by atoms with E-state index in [1.807, 2.05) is 29.8 Å². The number of rotatable bonds is 6. The van der Waals surface area contributed by atoms with Crippen LogP contribution >= 0.6 is 0 Å².